The van der Waals surface area contributed by atoms with Crippen molar-refractivity contribution < 1.29 is 14.3 Å². The zero-order valence-electron chi connectivity index (χ0n) is 18.3. The number of rotatable bonds is 5. The lowest BCUT2D eigenvalue weighted by Crippen LogP contribution is -2.38. The zero-order chi connectivity index (χ0) is 21.1. The molecule has 1 aliphatic rings. The minimum Gasteiger partial charge on any atom is -0.485 e. The van der Waals surface area contributed by atoms with Gasteiger partial charge in [0, 0.05) is 30.9 Å². The highest BCUT2D eigenvalue weighted by atomic mass is 35.5. The van der Waals surface area contributed by atoms with Gasteiger partial charge in [-0.05, 0) is 56.9 Å². The van der Waals surface area contributed by atoms with E-state index in [0.717, 1.165) is 29.9 Å². The minimum absolute atomic E-state index is 0. The van der Waals surface area contributed by atoms with E-state index in [-0.39, 0.29) is 18.5 Å². The molecule has 0 bridgehead atoms. The number of carbonyl (C=O) groups excluding carboxylic acids is 1. The van der Waals surface area contributed by atoms with E-state index in [1.54, 1.807) is 4.90 Å². The number of hydrogen-bond acceptors (Lipinski definition) is 4. The molecule has 166 valence electrons. The number of carbonyl (C=O) groups is 1. The minimum atomic E-state index is -0.210. The lowest BCUT2D eigenvalue weighted by molar-refractivity contribution is 0.0968. The average molecular weight is 444 g/mol. The maximum atomic E-state index is 12.0. The van der Waals surface area contributed by atoms with Crippen LogP contribution in [0.5, 0.6) is 5.75 Å². The van der Waals surface area contributed by atoms with Gasteiger partial charge >= 0.3 is 6.09 Å². The second-order valence-electron chi connectivity index (χ2n) is 7.82. The molecular weight excluding hydrogens is 414 g/mol. The molecule has 1 saturated heterocycles. The van der Waals surface area contributed by atoms with Crippen LogP contribution in [0, 0.1) is 13.8 Å². The molecule has 0 radical (unpaired) electrons. The molecule has 7 heteroatoms. The Morgan fingerprint density at radius 2 is 1.87 bits per heavy atom. The molecule has 4 rings (SSSR count). The number of nitrogens with zero attached hydrogens (tertiary/aromatic N) is 3. The molecule has 6 nitrogen and oxygen atoms in total. The van der Waals surface area contributed by atoms with Crippen LogP contribution in [0.4, 0.5) is 4.79 Å². The highest BCUT2D eigenvalue weighted by Crippen LogP contribution is 2.33. The van der Waals surface area contributed by atoms with Gasteiger partial charge in [-0.1, -0.05) is 24.3 Å². The van der Waals surface area contributed by atoms with Crippen LogP contribution in [0.25, 0.3) is 5.65 Å². The molecule has 0 saturated carbocycles. The molecule has 0 N–H and O–H groups in total. The van der Waals surface area contributed by atoms with Gasteiger partial charge in [-0.2, -0.15) is 0 Å². The first-order chi connectivity index (χ1) is 14.6. The summed E-state index contributed by atoms with van der Waals surface area (Å²) in [6, 6.07) is 12.3. The highest BCUT2D eigenvalue weighted by molar-refractivity contribution is 5.85. The molecule has 1 fully saturated rings. The number of aryl methyl sites for hydroxylation is 2. The summed E-state index contributed by atoms with van der Waals surface area (Å²) in [5.74, 6) is 1.15. The van der Waals surface area contributed by atoms with E-state index >= 15 is 0 Å². The Kier molecular flexibility index (Phi) is 7.44. The van der Waals surface area contributed by atoms with Crippen molar-refractivity contribution in [3.8, 4) is 5.75 Å². The van der Waals surface area contributed by atoms with Crippen molar-refractivity contribution in [1.82, 2.24) is 14.3 Å². The zero-order valence-corrected chi connectivity index (χ0v) is 19.2. The van der Waals surface area contributed by atoms with E-state index in [2.05, 4.69) is 36.6 Å². The maximum absolute atomic E-state index is 12.0. The molecule has 3 heterocycles. The fraction of sp³-hybridized carbons (Fsp3) is 0.417. The number of likely N-dealkylation sites (tertiary alicyclic amines) is 1. The molecule has 2 aromatic heterocycles. The Morgan fingerprint density at radius 3 is 2.58 bits per heavy atom. The molecule has 0 spiro atoms. The van der Waals surface area contributed by atoms with Crippen LogP contribution < -0.4 is 4.74 Å². The van der Waals surface area contributed by atoms with Gasteiger partial charge in [0.2, 0.25) is 0 Å². The molecule has 31 heavy (non-hydrogen) atoms. The first-order valence-electron chi connectivity index (χ1n) is 10.6. The molecule has 1 aliphatic heterocycles. The first kappa shape index (κ1) is 22.9. The summed E-state index contributed by atoms with van der Waals surface area (Å²) in [4.78, 5) is 18.6. The lowest BCUT2D eigenvalue weighted by atomic mass is 9.92. The second kappa shape index (κ2) is 10.1. The SMILES string of the molecule is CCOC(=O)N1CCC(c2c(C)nc3c(OCc4ccccc4C)cccn23)CC1.Cl. The van der Waals surface area contributed by atoms with Crippen LogP contribution in [0.2, 0.25) is 0 Å². The van der Waals surface area contributed by atoms with E-state index in [9.17, 15) is 4.79 Å². The van der Waals surface area contributed by atoms with Crippen LogP contribution in [0.15, 0.2) is 42.6 Å². The largest absolute Gasteiger partial charge is 0.485 e. The Labute approximate surface area is 189 Å². The third kappa shape index (κ3) is 4.79. The van der Waals surface area contributed by atoms with Crippen molar-refractivity contribution in [2.45, 2.75) is 46.1 Å². The summed E-state index contributed by atoms with van der Waals surface area (Å²) in [5.41, 5.74) is 5.49. The molecule has 0 unspecified atom stereocenters. The Balaban J connectivity index is 0.00000272. The quantitative estimate of drug-likeness (QED) is 0.537. The van der Waals surface area contributed by atoms with Crippen LogP contribution in [0.1, 0.15) is 48.2 Å². The molecule has 1 aromatic carbocycles. The fourth-order valence-corrected chi connectivity index (χ4v) is 4.26. The number of ether oxygens (including phenoxy) is 2. The fourth-order valence-electron chi connectivity index (χ4n) is 4.26. The first-order valence-corrected chi connectivity index (χ1v) is 10.6. The van der Waals surface area contributed by atoms with Gasteiger partial charge in [0.15, 0.2) is 11.4 Å². The summed E-state index contributed by atoms with van der Waals surface area (Å²) in [6.45, 7) is 8.34. The monoisotopic (exact) mass is 443 g/mol. The number of amides is 1. The second-order valence-corrected chi connectivity index (χ2v) is 7.82. The maximum Gasteiger partial charge on any atom is 0.409 e. The topological polar surface area (TPSA) is 56.1 Å². The number of halogens is 1. The number of hydrogen-bond donors (Lipinski definition) is 0. The van der Waals surface area contributed by atoms with Crippen LogP contribution >= 0.6 is 12.4 Å². The summed E-state index contributed by atoms with van der Waals surface area (Å²) in [7, 11) is 0. The third-order valence-electron chi connectivity index (χ3n) is 5.89. The predicted octanol–water partition coefficient (Wildman–Crippen LogP) is 5.29. The average Bonchev–Trinajstić information content (AvgIpc) is 3.10. The number of pyridine rings is 1. The van der Waals surface area contributed by atoms with E-state index in [1.807, 2.05) is 31.2 Å². The Bertz CT molecular complexity index is 1040. The van der Waals surface area contributed by atoms with Gasteiger partial charge < -0.3 is 18.8 Å². The summed E-state index contributed by atoms with van der Waals surface area (Å²) in [5, 5.41) is 0. The third-order valence-corrected chi connectivity index (χ3v) is 5.89. The number of aromatic nitrogens is 2. The van der Waals surface area contributed by atoms with Crippen LogP contribution in [-0.4, -0.2) is 40.1 Å². The summed E-state index contributed by atoms with van der Waals surface area (Å²) < 4.78 is 13.5. The standard InChI is InChI=1S/C24H29N3O3.ClH/c1-4-29-24(28)26-14-11-19(12-15-26)22-18(3)25-23-21(10-7-13-27(22)23)30-16-20-9-6-5-8-17(20)2;/h5-10,13,19H,4,11-12,14-16H2,1-3H3;1H. The smallest absolute Gasteiger partial charge is 0.409 e. The molecule has 3 aromatic rings. The van der Waals surface area contributed by atoms with Crippen LogP contribution in [-0.2, 0) is 11.3 Å². The molecule has 0 aliphatic carbocycles. The Morgan fingerprint density at radius 1 is 1.13 bits per heavy atom. The number of fused-ring (bicyclic) bond motifs is 1. The van der Waals surface area contributed by atoms with E-state index in [4.69, 9.17) is 14.5 Å². The lowest BCUT2D eigenvalue weighted by Gasteiger charge is -2.31. The molecular formula is C24H30ClN3O3. The van der Waals surface area contributed by atoms with E-state index in [0.29, 0.717) is 32.2 Å². The van der Waals surface area contributed by atoms with E-state index in [1.165, 1.54) is 16.8 Å². The van der Waals surface area contributed by atoms with Crippen molar-refractivity contribution in [1.29, 1.82) is 0 Å². The number of piperidine rings is 1. The highest BCUT2D eigenvalue weighted by Gasteiger charge is 2.28. The van der Waals surface area contributed by atoms with Gasteiger partial charge in [-0.15, -0.1) is 12.4 Å². The number of benzene rings is 1. The van der Waals surface area contributed by atoms with Crippen LogP contribution in [0.3, 0.4) is 0 Å². The predicted molar refractivity (Wildman–Crippen MR) is 123 cm³/mol. The normalized spacial score (nSPS) is 14.4. The van der Waals surface area contributed by atoms with Gasteiger partial charge in [0.05, 0.1) is 12.3 Å². The van der Waals surface area contributed by atoms with Crippen molar-refractivity contribution in [2.75, 3.05) is 19.7 Å². The molecule has 1 amide bonds. The summed E-state index contributed by atoms with van der Waals surface area (Å²) >= 11 is 0. The van der Waals surface area contributed by atoms with Crippen molar-refractivity contribution in [3.05, 3.63) is 65.1 Å². The van der Waals surface area contributed by atoms with Gasteiger partial charge in [-0.25, -0.2) is 9.78 Å². The Hall–Kier alpha value is -2.73. The van der Waals surface area contributed by atoms with Gasteiger partial charge in [0.1, 0.15) is 6.61 Å². The molecule has 0 atom stereocenters. The number of imidazole rings is 1. The van der Waals surface area contributed by atoms with Crippen molar-refractivity contribution >= 4 is 24.1 Å². The summed E-state index contributed by atoms with van der Waals surface area (Å²) in [6.07, 6.45) is 3.66. The van der Waals surface area contributed by atoms with Gasteiger partial charge in [-0.3, -0.25) is 0 Å². The van der Waals surface area contributed by atoms with Crippen molar-refractivity contribution in [2.24, 2.45) is 0 Å². The van der Waals surface area contributed by atoms with Gasteiger partial charge in [0.25, 0.3) is 0 Å². The van der Waals surface area contributed by atoms with E-state index < -0.39 is 0 Å². The van der Waals surface area contributed by atoms with Crippen molar-refractivity contribution in [3.63, 3.8) is 0 Å².